The molecule has 0 rings (SSSR count). The van der Waals surface area contributed by atoms with Crippen LogP contribution >= 0.6 is 0 Å². The lowest BCUT2D eigenvalue weighted by molar-refractivity contribution is -0.0338. The first-order chi connectivity index (χ1) is 3.55. The highest BCUT2D eigenvalue weighted by molar-refractivity contribution is 4.72. The Balaban J connectivity index is 3.46. The van der Waals surface area contributed by atoms with Crippen LogP contribution in [-0.4, -0.2) is 33.6 Å². The first-order valence-electron chi connectivity index (χ1n) is 2.43. The number of aliphatic hydroxyl groups excluding tert-OH is 3. The smallest absolute Gasteiger partial charge is 0.105 e. The van der Waals surface area contributed by atoms with Crippen LogP contribution in [0.2, 0.25) is 0 Å². The minimum Gasteiger partial charge on any atom is -0.391 e. The lowest BCUT2D eigenvalue weighted by Gasteiger charge is -2.15. The lowest BCUT2D eigenvalue weighted by atomic mass is 10.1. The summed E-state index contributed by atoms with van der Waals surface area (Å²) in [6, 6.07) is 0. The molecule has 3 nitrogen and oxygen atoms in total. The maximum absolute atomic E-state index is 8.64. The minimum absolute atomic E-state index is 0.914. The average Bonchev–Trinajstić information content (AvgIpc) is 1.64. The molecule has 0 aromatic rings. The Morgan fingerprint density at radius 1 is 1.25 bits per heavy atom. The molecule has 0 aromatic heterocycles. The average molecular weight is 119 g/mol. The summed E-state index contributed by atoms with van der Waals surface area (Å²) in [5.74, 6) is 0. The van der Waals surface area contributed by atoms with E-state index in [1.54, 1.807) is 0 Å². The molecule has 0 aliphatic carbocycles. The summed E-state index contributed by atoms with van der Waals surface area (Å²) >= 11 is 0. The van der Waals surface area contributed by atoms with E-state index in [0.717, 1.165) is 0 Å². The zero-order valence-electron chi connectivity index (χ0n) is 4.78. The SMILES string of the molecule is [CH2]C(O)C(O)C(C)O. The molecule has 0 heterocycles. The summed E-state index contributed by atoms with van der Waals surface area (Å²) in [6.45, 7) is 4.49. The van der Waals surface area contributed by atoms with Crippen LogP contribution in [0.4, 0.5) is 0 Å². The molecule has 1 radical (unpaired) electrons. The Morgan fingerprint density at radius 3 is 1.62 bits per heavy atom. The number of aliphatic hydroxyl groups is 3. The van der Waals surface area contributed by atoms with Gasteiger partial charge in [-0.05, 0) is 13.8 Å². The Bertz CT molecular complexity index is 52.7. The van der Waals surface area contributed by atoms with Crippen LogP contribution in [-0.2, 0) is 0 Å². The maximum Gasteiger partial charge on any atom is 0.105 e. The summed E-state index contributed by atoms with van der Waals surface area (Å²) in [5, 5.41) is 25.7. The van der Waals surface area contributed by atoms with Gasteiger partial charge in [0.15, 0.2) is 0 Å². The third kappa shape index (κ3) is 2.26. The summed E-state index contributed by atoms with van der Waals surface area (Å²) in [7, 11) is 0. The molecule has 0 fully saturated rings. The molecule has 49 valence electrons. The fourth-order valence-electron chi connectivity index (χ4n) is 0.321. The molecule has 0 spiro atoms. The van der Waals surface area contributed by atoms with Crippen molar-refractivity contribution < 1.29 is 15.3 Å². The van der Waals surface area contributed by atoms with Crippen molar-refractivity contribution in [3.63, 3.8) is 0 Å². The summed E-state index contributed by atoms with van der Waals surface area (Å²) in [6.07, 6.45) is -3.15. The van der Waals surface area contributed by atoms with Crippen LogP contribution in [0.3, 0.4) is 0 Å². The van der Waals surface area contributed by atoms with Gasteiger partial charge in [0.25, 0.3) is 0 Å². The highest BCUT2D eigenvalue weighted by Crippen LogP contribution is 1.96. The molecule has 3 N–H and O–H groups in total. The van der Waals surface area contributed by atoms with Gasteiger partial charge in [0.05, 0.1) is 12.2 Å². The topological polar surface area (TPSA) is 60.7 Å². The number of hydrogen-bond donors (Lipinski definition) is 3. The number of rotatable bonds is 2. The van der Waals surface area contributed by atoms with Crippen molar-refractivity contribution in [2.75, 3.05) is 0 Å². The maximum atomic E-state index is 8.64. The Kier molecular flexibility index (Phi) is 2.97. The molecule has 8 heavy (non-hydrogen) atoms. The zero-order chi connectivity index (χ0) is 6.73. The summed E-state index contributed by atoms with van der Waals surface area (Å²) in [4.78, 5) is 0. The summed E-state index contributed by atoms with van der Waals surface area (Å²) < 4.78 is 0. The highest BCUT2D eigenvalue weighted by Gasteiger charge is 2.15. The van der Waals surface area contributed by atoms with Crippen molar-refractivity contribution >= 4 is 0 Å². The molecule has 3 unspecified atom stereocenters. The third-order valence-corrected chi connectivity index (χ3v) is 0.888. The molecule has 0 bridgehead atoms. The predicted octanol–water partition coefficient (Wildman–Crippen LogP) is -1.08. The van der Waals surface area contributed by atoms with Gasteiger partial charge in [0.1, 0.15) is 6.10 Å². The molecule has 0 aliphatic heterocycles. The Morgan fingerprint density at radius 2 is 1.62 bits per heavy atom. The van der Waals surface area contributed by atoms with Crippen molar-refractivity contribution in [1.29, 1.82) is 0 Å². The second-order valence-electron chi connectivity index (χ2n) is 1.80. The molecular formula is C5H11O3. The van der Waals surface area contributed by atoms with Crippen molar-refractivity contribution in [2.24, 2.45) is 0 Å². The zero-order valence-corrected chi connectivity index (χ0v) is 4.78. The molecule has 0 aliphatic rings. The van der Waals surface area contributed by atoms with E-state index < -0.39 is 18.3 Å². The molecule has 0 saturated carbocycles. The molecule has 3 atom stereocenters. The first kappa shape index (κ1) is 7.88. The second-order valence-corrected chi connectivity index (χ2v) is 1.80. The molecule has 0 amide bonds. The van der Waals surface area contributed by atoms with E-state index in [2.05, 4.69) is 6.92 Å². The monoisotopic (exact) mass is 119 g/mol. The fraction of sp³-hybridized carbons (Fsp3) is 0.800. The summed E-state index contributed by atoms with van der Waals surface area (Å²) in [5.41, 5.74) is 0. The predicted molar refractivity (Wildman–Crippen MR) is 29.1 cm³/mol. The second kappa shape index (κ2) is 3.02. The molecule has 0 saturated heterocycles. The van der Waals surface area contributed by atoms with Crippen molar-refractivity contribution in [1.82, 2.24) is 0 Å². The van der Waals surface area contributed by atoms with Crippen molar-refractivity contribution in [3.05, 3.63) is 6.92 Å². The highest BCUT2D eigenvalue weighted by atomic mass is 16.4. The van der Waals surface area contributed by atoms with Crippen molar-refractivity contribution in [2.45, 2.75) is 25.2 Å². The van der Waals surface area contributed by atoms with Gasteiger partial charge in [0, 0.05) is 0 Å². The largest absolute Gasteiger partial charge is 0.391 e. The van der Waals surface area contributed by atoms with Crippen LogP contribution in [0.1, 0.15) is 6.92 Å². The van der Waals surface area contributed by atoms with Gasteiger partial charge in [-0.1, -0.05) is 0 Å². The van der Waals surface area contributed by atoms with Crippen molar-refractivity contribution in [3.8, 4) is 0 Å². The van der Waals surface area contributed by atoms with Crippen LogP contribution in [0.25, 0.3) is 0 Å². The van der Waals surface area contributed by atoms with Crippen LogP contribution < -0.4 is 0 Å². The molecule has 3 heteroatoms. The van der Waals surface area contributed by atoms with Crippen LogP contribution in [0.5, 0.6) is 0 Å². The van der Waals surface area contributed by atoms with Gasteiger partial charge < -0.3 is 15.3 Å². The van der Waals surface area contributed by atoms with Gasteiger partial charge in [-0.2, -0.15) is 0 Å². The van der Waals surface area contributed by atoms with E-state index in [4.69, 9.17) is 15.3 Å². The minimum atomic E-state index is -1.13. The van der Waals surface area contributed by atoms with Gasteiger partial charge in [0.2, 0.25) is 0 Å². The van der Waals surface area contributed by atoms with E-state index >= 15 is 0 Å². The van der Waals surface area contributed by atoms with E-state index in [9.17, 15) is 0 Å². The fourth-order valence-corrected chi connectivity index (χ4v) is 0.321. The molecule has 0 aromatic carbocycles. The van der Waals surface area contributed by atoms with E-state index in [1.165, 1.54) is 6.92 Å². The van der Waals surface area contributed by atoms with Gasteiger partial charge in [-0.3, -0.25) is 0 Å². The van der Waals surface area contributed by atoms with Crippen LogP contribution in [0.15, 0.2) is 0 Å². The van der Waals surface area contributed by atoms with Crippen LogP contribution in [0, 0.1) is 6.92 Å². The van der Waals surface area contributed by atoms with E-state index in [0.29, 0.717) is 0 Å². The Labute approximate surface area is 48.6 Å². The number of hydrogen-bond acceptors (Lipinski definition) is 3. The third-order valence-electron chi connectivity index (χ3n) is 0.888. The lowest BCUT2D eigenvalue weighted by Crippen LogP contribution is -2.33. The van der Waals surface area contributed by atoms with E-state index in [-0.39, 0.29) is 0 Å². The van der Waals surface area contributed by atoms with Gasteiger partial charge in [-0.15, -0.1) is 0 Å². The van der Waals surface area contributed by atoms with E-state index in [1.807, 2.05) is 0 Å². The molecular weight excluding hydrogens is 108 g/mol. The quantitative estimate of drug-likeness (QED) is 0.433. The Hall–Kier alpha value is -0.120. The van der Waals surface area contributed by atoms with Gasteiger partial charge >= 0.3 is 0 Å². The standard InChI is InChI=1S/C5H11O3/c1-3(6)5(8)4(2)7/h3-8H,1H2,2H3. The van der Waals surface area contributed by atoms with Gasteiger partial charge in [-0.25, -0.2) is 0 Å². The normalized spacial score (nSPS) is 22.1. The first-order valence-corrected chi connectivity index (χ1v) is 2.43.